The second kappa shape index (κ2) is 7.69. The first-order valence-electron chi connectivity index (χ1n) is 6.04. The molecule has 108 valence electrons. The minimum Gasteiger partial charge on any atom is -0.480 e. The second-order valence-electron chi connectivity index (χ2n) is 4.31. The highest BCUT2D eigenvalue weighted by Gasteiger charge is 2.20. The van der Waals surface area contributed by atoms with E-state index in [0.717, 1.165) is 10.0 Å². The zero-order valence-electron chi connectivity index (χ0n) is 11.2. The molecule has 2 amide bonds. The van der Waals surface area contributed by atoms with Crippen molar-refractivity contribution in [2.45, 2.75) is 19.0 Å². The van der Waals surface area contributed by atoms with Crippen LogP contribution in [0.15, 0.2) is 41.4 Å². The fourth-order valence-corrected chi connectivity index (χ4v) is 2.01. The maximum absolute atomic E-state index is 12.0. The number of amides is 2. The number of hydrogen-bond acceptors (Lipinski definition) is 2. The van der Waals surface area contributed by atoms with E-state index in [4.69, 9.17) is 5.11 Å². The van der Waals surface area contributed by atoms with Crippen molar-refractivity contribution in [2.75, 3.05) is 7.05 Å². The summed E-state index contributed by atoms with van der Waals surface area (Å²) in [7, 11) is 1.61. The maximum Gasteiger partial charge on any atom is 0.326 e. The van der Waals surface area contributed by atoms with Crippen molar-refractivity contribution in [1.82, 2.24) is 10.2 Å². The average molecular weight is 341 g/mol. The first kappa shape index (κ1) is 16.2. The van der Waals surface area contributed by atoms with Gasteiger partial charge in [-0.15, -0.1) is 6.58 Å². The molecule has 1 rings (SSSR count). The minimum absolute atomic E-state index is 0.184. The van der Waals surface area contributed by atoms with Gasteiger partial charge < -0.3 is 15.3 Å². The van der Waals surface area contributed by atoms with E-state index in [0.29, 0.717) is 6.54 Å². The Hall–Kier alpha value is -1.82. The number of carbonyl (C=O) groups excluding carboxylic acids is 1. The molecule has 0 bridgehead atoms. The standard InChI is InChI=1S/C14H17BrN2O3/c1-3-6-12(13(18)19)16-14(20)17(2)9-10-7-4-5-8-11(10)15/h3-5,7-8,12H,1,6,9H2,2H3,(H,16,20)(H,18,19). The Bertz CT molecular complexity index is 505. The molecule has 1 aromatic rings. The lowest BCUT2D eigenvalue weighted by molar-refractivity contribution is -0.139. The summed E-state index contributed by atoms with van der Waals surface area (Å²) in [6.45, 7) is 3.86. The van der Waals surface area contributed by atoms with Gasteiger partial charge in [-0.05, 0) is 18.1 Å². The van der Waals surface area contributed by atoms with Gasteiger partial charge in [0.25, 0.3) is 0 Å². The third-order valence-electron chi connectivity index (χ3n) is 2.71. The van der Waals surface area contributed by atoms with Crippen LogP contribution in [0.25, 0.3) is 0 Å². The van der Waals surface area contributed by atoms with Crippen molar-refractivity contribution < 1.29 is 14.7 Å². The number of nitrogens with one attached hydrogen (secondary N) is 1. The van der Waals surface area contributed by atoms with Gasteiger partial charge in [0.15, 0.2) is 0 Å². The fraction of sp³-hybridized carbons (Fsp3) is 0.286. The molecule has 0 aliphatic carbocycles. The Kier molecular flexibility index (Phi) is 6.24. The Balaban J connectivity index is 2.65. The summed E-state index contributed by atoms with van der Waals surface area (Å²) in [5.41, 5.74) is 0.945. The highest BCUT2D eigenvalue weighted by atomic mass is 79.9. The number of nitrogens with zero attached hydrogens (tertiary/aromatic N) is 1. The molecule has 0 saturated carbocycles. The lowest BCUT2D eigenvalue weighted by Crippen LogP contribution is -2.46. The van der Waals surface area contributed by atoms with Crippen LogP contribution in [0.5, 0.6) is 0 Å². The molecule has 0 saturated heterocycles. The van der Waals surface area contributed by atoms with Gasteiger partial charge in [-0.2, -0.15) is 0 Å². The molecule has 0 aliphatic rings. The molecule has 1 unspecified atom stereocenters. The van der Waals surface area contributed by atoms with Crippen LogP contribution < -0.4 is 5.32 Å². The summed E-state index contributed by atoms with van der Waals surface area (Å²) < 4.78 is 0.903. The van der Waals surface area contributed by atoms with E-state index in [1.54, 1.807) is 7.05 Å². The van der Waals surface area contributed by atoms with Crippen LogP contribution in [0.4, 0.5) is 4.79 Å². The van der Waals surface area contributed by atoms with Crippen molar-refractivity contribution in [3.05, 3.63) is 47.0 Å². The summed E-state index contributed by atoms with van der Waals surface area (Å²) in [5.74, 6) is -1.08. The third kappa shape index (κ3) is 4.70. The van der Waals surface area contributed by atoms with Crippen LogP contribution in [0.2, 0.25) is 0 Å². The van der Waals surface area contributed by atoms with Gasteiger partial charge in [-0.25, -0.2) is 9.59 Å². The summed E-state index contributed by atoms with van der Waals surface area (Å²) in [4.78, 5) is 24.4. The summed E-state index contributed by atoms with van der Waals surface area (Å²) >= 11 is 3.41. The quantitative estimate of drug-likeness (QED) is 0.782. The average Bonchev–Trinajstić information content (AvgIpc) is 2.40. The molecule has 1 atom stereocenters. The van der Waals surface area contributed by atoms with Gasteiger partial charge >= 0.3 is 12.0 Å². The maximum atomic E-state index is 12.0. The molecule has 0 aromatic heterocycles. The molecule has 5 nitrogen and oxygen atoms in total. The SMILES string of the molecule is C=CCC(NC(=O)N(C)Cc1ccccc1Br)C(=O)O. The van der Waals surface area contributed by atoms with Gasteiger partial charge in [0.2, 0.25) is 0 Å². The van der Waals surface area contributed by atoms with Gasteiger partial charge in [-0.3, -0.25) is 0 Å². The largest absolute Gasteiger partial charge is 0.480 e. The molecular formula is C14H17BrN2O3. The van der Waals surface area contributed by atoms with Crippen LogP contribution in [0.3, 0.4) is 0 Å². The Morgan fingerprint density at radius 3 is 2.70 bits per heavy atom. The molecule has 0 aliphatic heterocycles. The van der Waals surface area contributed by atoms with E-state index in [9.17, 15) is 9.59 Å². The Morgan fingerprint density at radius 2 is 2.15 bits per heavy atom. The van der Waals surface area contributed by atoms with Crippen molar-refractivity contribution in [3.8, 4) is 0 Å². The van der Waals surface area contributed by atoms with E-state index in [2.05, 4.69) is 27.8 Å². The highest BCUT2D eigenvalue weighted by molar-refractivity contribution is 9.10. The molecule has 0 radical (unpaired) electrons. The van der Waals surface area contributed by atoms with Crippen LogP contribution in [-0.2, 0) is 11.3 Å². The first-order chi connectivity index (χ1) is 9.45. The van der Waals surface area contributed by atoms with Crippen LogP contribution in [-0.4, -0.2) is 35.1 Å². The zero-order chi connectivity index (χ0) is 15.1. The van der Waals surface area contributed by atoms with E-state index in [1.807, 2.05) is 24.3 Å². The van der Waals surface area contributed by atoms with Crippen molar-refractivity contribution in [2.24, 2.45) is 0 Å². The number of rotatable bonds is 6. The number of carboxylic acids is 1. The van der Waals surface area contributed by atoms with E-state index in [-0.39, 0.29) is 6.42 Å². The zero-order valence-corrected chi connectivity index (χ0v) is 12.8. The lowest BCUT2D eigenvalue weighted by atomic mass is 10.2. The van der Waals surface area contributed by atoms with Crippen molar-refractivity contribution >= 4 is 27.9 Å². The number of carbonyl (C=O) groups is 2. The fourth-order valence-electron chi connectivity index (χ4n) is 1.60. The Labute approximate surface area is 126 Å². The number of hydrogen-bond donors (Lipinski definition) is 2. The van der Waals surface area contributed by atoms with Crippen LogP contribution in [0, 0.1) is 0 Å². The predicted molar refractivity (Wildman–Crippen MR) is 80.4 cm³/mol. The van der Waals surface area contributed by atoms with Gasteiger partial charge in [0.1, 0.15) is 6.04 Å². The van der Waals surface area contributed by atoms with E-state index in [1.165, 1.54) is 11.0 Å². The predicted octanol–water partition coefficient (Wildman–Crippen LogP) is 2.62. The smallest absolute Gasteiger partial charge is 0.326 e. The molecule has 0 fully saturated rings. The monoisotopic (exact) mass is 340 g/mol. The van der Waals surface area contributed by atoms with Crippen molar-refractivity contribution in [3.63, 3.8) is 0 Å². The Morgan fingerprint density at radius 1 is 1.50 bits per heavy atom. The van der Waals surface area contributed by atoms with E-state index >= 15 is 0 Å². The van der Waals surface area contributed by atoms with E-state index < -0.39 is 18.0 Å². The lowest BCUT2D eigenvalue weighted by Gasteiger charge is -2.21. The topological polar surface area (TPSA) is 69.6 Å². The van der Waals surface area contributed by atoms with Gasteiger partial charge in [-0.1, -0.05) is 40.2 Å². The van der Waals surface area contributed by atoms with Crippen LogP contribution >= 0.6 is 15.9 Å². The summed E-state index contributed by atoms with van der Waals surface area (Å²) in [5, 5.41) is 11.4. The molecule has 1 aromatic carbocycles. The highest BCUT2D eigenvalue weighted by Crippen LogP contribution is 2.17. The number of aliphatic carboxylic acids is 1. The summed E-state index contributed by atoms with van der Waals surface area (Å²) in [6.07, 6.45) is 1.65. The van der Waals surface area contributed by atoms with Gasteiger partial charge in [0, 0.05) is 18.1 Å². The second-order valence-corrected chi connectivity index (χ2v) is 5.17. The van der Waals surface area contributed by atoms with Crippen molar-refractivity contribution in [1.29, 1.82) is 0 Å². The molecule has 2 N–H and O–H groups in total. The summed E-state index contributed by atoms with van der Waals surface area (Å²) in [6, 6.07) is 6.16. The van der Waals surface area contributed by atoms with Gasteiger partial charge in [0.05, 0.1) is 0 Å². The molecule has 0 heterocycles. The first-order valence-corrected chi connectivity index (χ1v) is 6.83. The normalized spacial score (nSPS) is 11.5. The molecular weight excluding hydrogens is 324 g/mol. The number of benzene rings is 1. The molecule has 20 heavy (non-hydrogen) atoms. The minimum atomic E-state index is -1.08. The molecule has 0 spiro atoms. The molecule has 6 heteroatoms. The number of carboxylic acid groups (broad SMARTS) is 1. The number of urea groups is 1. The third-order valence-corrected chi connectivity index (χ3v) is 3.48. The number of halogens is 1. The van der Waals surface area contributed by atoms with Crippen LogP contribution in [0.1, 0.15) is 12.0 Å².